The standard InChI is InChI=1S/C14H13Cl2FN2/c1-19(8-9-4-2-3-5-12(9)17)14-7-11(16)10(15)6-13(14)18/h2-7H,8,18H2,1H3. The zero-order chi connectivity index (χ0) is 14.0. The molecule has 0 amide bonds. The maximum Gasteiger partial charge on any atom is 0.128 e. The first kappa shape index (κ1) is 14.0. The smallest absolute Gasteiger partial charge is 0.128 e. The molecule has 0 aliphatic heterocycles. The molecule has 2 nitrogen and oxygen atoms in total. The molecule has 0 bridgehead atoms. The van der Waals surface area contributed by atoms with Crippen LogP contribution in [0.1, 0.15) is 5.56 Å². The van der Waals surface area contributed by atoms with Gasteiger partial charge in [-0.2, -0.15) is 0 Å². The molecule has 0 saturated heterocycles. The largest absolute Gasteiger partial charge is 0.397 e. The van der Waals surface area contributed by atoms with E-state index in [0.29, 0.717) is 27.8 Å². The van der Waals surface area contributed by atoms with Crippen molar-refractivity contribution in [2.45, 2.75) is 6.54 Å². The fourth-order valence-corrected chi connectivity index (χ4v) is 2.18. The fourth-order valence-electron chi connectivity index (χ4n) is 1.85. The Kier molecular flexibility index (Phi) is 4.17. The summed E-state index contributed by atoms with van der Waals surface area (Å²) >= 11 is 11.9. The van der Waals surface area contributed by atoms with Crippen molar-refractivity contribution in [3.63, 3.8) is 0 Å². The number of nitrogens with two attached hydrogens (primary N) is 1. The molecule has 0 aliphatic carbocycles. The molecule has 2 aromatic rings. The lowest BCUT2D eigenvalue weighted by molar-refractivity contribution is 0.608. The second-order valence-electron chi connectivity index (χ2n) is 4.27. The average molecular weight is 299 g/mol. The first-order valence-electron chi connectivity index (χ1n) is 5.68. The summed E-state index contributed by atoms with van der Waals surface area (Å²) in [6, 6.07) is 9.90. The highest BCUT2D eigenvalue weighted by molar-refractivity contribution is 6.42. The minimum absolute atomic E-state index is 0.243. The van der Waals surface area contributed by atoms with Crippen LogP contribution in [0.15, 0.2) is 36.4 Å². The predicted molar refractivity (Wildman–Crippen MR) is 79.4 cm³/mol. The van der Waals surface area contributed by atoms with E-state index >= 15 is 0 Å². The number of rotatable bonds is 3. The van der Waals surface area contributed by atoms with Crippen molar-refractivity contribution < 1.29 is 4.39 Å². The maximum absolute atomic E-state index is 13.6. The number of hydrogen-bond acceptors (Lipinski definition) is 2. The summed E-state index contributed by atoms with van der Waals surface area (Å²) in [5.74, 6) is -0.243. The van der Waals surface area contributed by atoms with Crippen LogP contribution >= 0.6 is 23.2 Å². The van der Waals surface area contributed by atoms with Crippen LogP contribution in [0.25, 0.3) is 0 Å². The van der Waals surface area contributed by atoms with Crippen LogP contribution in [-0.4, -0.2) is 7.05 Å². The second kappa shape index (κ2) is 5.68. The molecule has 0 fully saturated rings. The van der Waals surface area contributed by atoms with Crippen LogP contribution in [0.4, 0.5) is 15.8 Å². The van der Waals surface area contributed by atoms with Crippen LogP contribution in [0, 0.1) is 5.82 Å². The van der Waals surface area contributed by atoms with E-state index in [1.807, 2.05) is 11.9 Å². The number of benzene rings is 2. The molecular formula is C14H13Cl2FN2. The third-order valence-electron chi connectivity index (χ3n) is 2.85. The van der Waals surface area contributed by atoms with Gasteiger partial charge in [-0.05, 0) is 18.2 Å². The van der Waals surface area contributed by atoms with Crippen molar-refractivity contribution in [1.82, 2.24) is 0 Å². The van der Waals surface area contributed by atoms with E-state index in [1.54, 1.807) is 30.3 Å². The van der Waals surface area contributed by atoms with Crippen LogP contribution in [0.3, 0.4) is 0 Å². The Morgan fingerprint density at radius 2 is 1.79 bits per heavy atom. The van der Waals surface area contributed by atoms with Crippen LogP contribution < -0.4 is 10.6 Å². The Morgan fingerprint density at radius 3 is 2.47 bits per heavy atom. The van der Waals surface area contributed by atoms with Gasteiger partial charge in [-0.3, -0.25) is 0 Å². The van der Waals surface area contributed by atoms with Crippen molar-refractivity contribution in [1.29, 1.82) is 0 Å². The molecule has 0 saturated carbocycles. The van der Waals surface area contributed by atoms with Gasteiger partial charge >= 0.3 is 0 Å². The van der Waals surface area contributed by atoms with E-state index in [0.717, 1.165) is 5.69 Å². The normalized spacial score (nSPS) is 10.5. The van der Waals surface area contributed by atoms with Crippen LogP contribution in [0.2, 0.25) is 10.0 Å². The lowest BCUT2D eigenvalue weighted by Crippen LogP contribution is -2.18. The van der Waals surface area contributed by atoms with Crippen molar-refractivity contribution in [3.05, 3.63) is 57.8 Å². The molecule has 0 radical (unpaired) electrons. The van der Waals surface area contributed by atoms with Crippen molar-refractivity contribution in [2.24, 2.45) is 0 Å². The third-order valence-corrected chi connectivity index (χ3v) is 3.57. The van der Waals surface area contributed by atoms with Gasteiger partial charge in [0, 0.05) is 19.2 Å². The molecule has 2 aromatic carbocycles. The van der Waals surface area contributed by atoms with E-state index in [9.17, 15) is 4.39 Å². The Labute approximate surface area is 121 Å². The monoisotopic (exact) mass is 298 g/mol. The van der Waals surface area contributed by atoms with E-state index in [-0.39, 0.29) is 5.82 Å². The van der Waals surface area contributed by atoms with Gasteiger partial charge < -0.3 is 10.6 Å². The highest BCUT2D eigenvalue weighted by atomic mass is 35.5. The zero-order valence-corrected chi connectivity index (χ0v) is 11.8. The van der Waals surface area contributed by atoms with Gasteiger partial charge in [-0.25, -0.2) is 4.39 Å². The average Bonchev–Trinajstić information content (AvgIpc) is 2.36. The summed E-state index contributed by atoms with van der Waals surface area (Å²) in [6.07, 6.45) is 0. The highest BCUT2D eigenvalue weighted by Gasteiger charge is 2.11. The Balaban J connectivity index is 2.28. The molecule has 100 valence electrons. The molecule has 0 atom stereocenters. The molecule has 0 aromatic heterocycles. The molecule has 5 heteroatoms. The van der Waals surface area contributed by atoms with Crippen LogP contribution in [0.5, 0.6) is 0 Å². The minimum atomic E-state index is -0.243. The maximum atomic E-state index is 13.6. The SMILES string of the molecule is CN(Cc1ccccc1F)c1cc(Cl)c(Cl)cc1N. The number of hydrogen-bond donors (Lipinski definition) is 1. The Morgan fingerprint density at radius 1 is 1.16 bits per heavy atom. The van der Waals surface area contributed by atoms with E-state index in [4.69, 9.17) is 28.9 Å². The lowest BCUT2D eigenvalue weighted by Gasteiger charge is -2.22. The van der Waals surface area contributed by atoms with Gasteiger partial charge in [0.2, 0.25) is 0 Å². The number of nitrogens with zero attached hydrogens (tertiary/aromatic N) is 1. The summed E-state index contributed by atoms with van der Waals surface area (Å²) in [6.45, 7) is 0.398. The zero-order valence-electron chi connectivity index (χ0n) is 10.3. The molecular weight excluding hydrogens is 286 g/mol. The van der Waals surface area contributed by atoms with Gasteiger partial charge in [0.1, 0.15) is 5.82 Å². The highest BCUT2D eigenvalue weighted by Crippen LogP contribution is 2.33. The summed E-state index contributed by atoms with van der Waals surface area (Å²) in [5, 5.41) is 0.827. The second-order valence-corrected chi connectivity index (χ2v) is 5.09. The van der Waals surface area contributed by atoms with Gasteiger partial charge in [0.15, 0.2) is 0 Å². The molecule has 19 heavy (non-hydrogen) atoms. The number of anilines is 2. The van der Waals surface area contributed by atoms with Gasteiger partial charge in [0.25, 0.3) is 0 Å². The first-order chi connectivity index (χ1) is 8.99. The van der Waals surface area contributed by atoms with E-state index < -0.39 is 0 Å². The number of halogens is 3. The molecule has 0 unspecified atom stereocenters. The molecule has 2 N–H and O–H groups in total. The van der Waals surface area contributed by atoms with E-state index in [1.165, 1.54) is 6.07 Å². The topological polar surface area (TPSA) is 29.3 Å². The fraction of sp³-hybridized carbons (Fsp3) is 0.143. The lowest BCUT2D eigenvalue weighted by atomic mass is 10.2. The summed E-state index contributed by atoms with van der Waals surface area (Å²) in [5.41, 5.74) is 7.73. The Hall–Kier alpha value is -1.45. The minimum Gasteiger partial charge on any atom is -0.397 e. The predicted octanol–water partition coefficient (Wildman–Crippen LogP) is 4.35. The van der Waals surface area contributed by atoms with Gasteiger partial charge in [0.05, 0.1) is 21.4 Å². The van der Waals surface area contributed by atoms with Gasteiger partial charge in [-0.1, -0.05) is 41.4 Å². The van der Waals surface area contributed by atoms with Crippen molar-refractivity contribution >= 4 is 34.6 Å². The van der Waals surface area contributed by atoms with Crippen molar-refractivity contribution in [3.8, 4) is 0 Å². The summed E-state index contributed by atoms with van der Waals surface area (Å²) < 4.78 is 13.6. The molecule has 2 rings (SSSR count). The molecule has 0 spiro atoms. The van der Waals surface area contributed by atoms with Gasteiger partial charge in [-0.15, -0.1) is 0 Å². The Bertz CT molecular complexity index is 602. The third kappa shape index (κ3) is 3.11. The molecule has 0 heterocycles. The van der Waals surface area contributed by atoms with Crippen LogP contribution in [-0.2, 0) is 6.54 Å². The van der Waals surface area contributed by atoms with E-state index in [2.05, 4.69) is 0 Å². The number of nitrogen functional groups attached to an aromatic ring is 1. The first-order valence-corrected chi connectivity index (χ1v) is 6.43. The quantitative estimate of drug-likeness (QED) is 0.854. The van der Waals surface area contributed by atoms with Crippen molar-refractivity contribution in [2.75, 3.05) is 17.7 Å². The summed E-state index contributed by atoms with van der Waals surface area (Å²) in [4.78, 5) is 1.83. The summed E-state index contributed by atoms with van der Waals surface area (Å²) in [7, 11) is 1.82. The molecule has 0 aliphatic rings.